The van der Waals surface area contributed by atoms with Gasteiger partial charge in [0.25, 0.3) is 0 Å². The smallest absolute Gasteiger partial charge is 0.437 e. The maximum atomic E-state index is 12.6. The topological polar surface area (TPSA) is 139 Å². The van der Waals surface area contributed by atoms with Crippen molar-refractivity contribution in [3.05, 3.63) is 29.3 Å². The van der Waals surface area contributed by atoms with Gasteiger partial charge in [-0.15, -0.1) is 4.99 Å². The highest BCUT2D eigenvalue weighted by Gasteiger charge is 2.29. The van der Waals surface area contributed by atoms with E-state index in [4.69, 9.17) is 18.9 Å². The quantitative estimate of drug-likeness (QED) is 0.201. The van der Waals surface area contributed by atoms with E-state index >= 15 is 0 Å². The highest BCUT2D eigenvalue weighted by molar-refractivity contribution is 5.99. The Bertz CT molecular complexity index is 1240. The molecule has 1 N–H and O–H groups in total. The number of hydrogen-bond donors (Lipinski definition) is 1. The number of alkyl carbamates (subject to hydrolysis) is 1. The molecule has 0 radical (unpaired) electrons. The molecule has 1 saturated heterocycles. The van der Waals surface area contributed by atoms with Crippen molar-refractivity contribution in [3.8, 4) is 5.75 Å². The number of piperidine rings is 1. The van der Waals surface area contributed by atoms with Gasteiger partial charge in [0.15, 0.2) is 0 Å². The molecule has 2 heterocycles. The van der Waals surface area contributed by atoms with Gasteiger partial charge in [0, 0.05) is 33.1 Å². The van der Waals surface area contributed by atoms with Crippen LogP contribution in [0.3, 0.4) is 0 Å². The number of hydrazine groups is 1. The van der Waals surface area contributed by atoms with Crippen molar-refractivity contribution in [2.24, 2.45) is 10.9 Å². The number of aliphatic imine (C=N–C) groups is 1. The first-order chi connectivity index (χ1) is 21.0. The number of hydrogen-bond acceptors (Lipinski definition) is 9. The number of amides is 3. The molecule has 0 saturated carbocycles. The Balaban J connectivity index is 1.63. The van der Waals surface area contributed by atoms with Crippen molar-refractivity contribution in [3.63, 3.8) is 0 Å². The summed E-state index contributed by atoms with van der Waals surface area (Å²) in [6, 6.07) is 5.97. The van der Waals surface area contributed by atoms with Gasteiger partial charge in [-0.25, -0.2) is 14.6 Å². The normalized spacial score (nSPS) is 16.4. The van der Waals surface area contributed by atoms with Crippen molar-refractivity contribution >= 4 is 30.0 Å². The van der Waals surface area contributed by atoms with E-state index in [1.54, 1.807) is 48.5 Å². The number of carbonyl (C=O) groups is 4. The molecule has 0 spiro atoms. The molecule has 45 heavy (non-hydrogen) atoms. The zero-order valence-corrected chi connectivity index (χ0v) is 27.9. The predicted octanol–water partition coefficient (Wildman–Crippen LogP) is 4.28. The first-order valence-corrected chi connectivity index (χ1v) is 15.5. The summed E-state index contributed by atoms with van der Waals surface area (Å²) >= 11 is 0. The van der Waals surface area contributed by atoms with Gasteiger partial charge >= 0.3 is 18.2 Å². The third-order valence-electron chi connectivity index (χ3n) is 7.06. The second-order valence-electron chi connectivity index (χ2n) is 13.2. The lowest BCUT2D eigenvalue weighted by molar-refractivity contribution is -0.163. The minimum absolute atomic E-state index is 0.0600. The highest BCUT2D eigenvalue weighted by atomic mass is 16.6. The van der Waals surface area contributed by atoms with Gasteiger partial charge in [-0.3, -0.25) is 19.9 Å². The van der Waals surface area contributed by atoms with Crippen LogP contribution in [0, 0.1) is 5.92 Å². The monoisotopic (exact) mass is 631 g/mol. The van der Waals surface area contributed by atoms with Crippen molar-refractivity contribution in [2.45, 2.75) is 92.4 Å². The fourth-order valence-electron chi connectivity index (χ4n) is 5.03. The van der Waals surface area contributed by atoms with Crippen LogP contribution in [0.25, 0.3) is 0 Å². The van der Waals surface area contributed by atoms with Crippen LogP contribution >= 0.6 is 0 Å². The third-order valence-corrected chi connectivity index (χ3v) is 7.06. The lowest BCUT2D eigenvalue weighted by atomic mass is 9.98. The standard InChI is InChI=1S/C32H49N5O8/c1-9-42-27(39)20-37(22(2)38)36-16-12-23(13-17-36)21-43-26-11-10-24-14-15-35(19-25(24)18-26)28(33-29(40)44-31(3,4)5)34-30(41)45-32(6,7)8/h10-11,18,23H,9,12-17,19-21H2,1-8H3,(H,33,34,40,41). The zero-order valence-electron chi connectivity index (χ0n) is 27.9. The molecule has 0 unspecified atom stereocenters. The van der Waals surface area contributed by atoms with Gasteiger partial charge in [-0.2, -0.15) is 0 Å². The number of ether oxygens (including phenoxy) is 4. The molecule has 0 aromatic heterocycles. The number of rotatable bonds is 7. The van der Waals surface area contributed by atoms with Crippen LogP contribution in [0.4, 0.5) is 9.59 Å². The number of carbonyl (C=O) groups excluding carboxylic acids is 4. The summed E-state index contributed by atoms with van der Waals surface area (Å²) in [6.07, 6.45) is 0.773. The first-order valence-electron chi connectivity index (χ1n) is 15.5. The van der Waals surface area contributed by atoms with Crippen LogP contribution in [-0.4, -0.2) is 95.5 Å². The van der Waals surface area contributed by atoms with E-state index < -0.39 is 29.4 Å². The van der Waals surface area contributed by atoms with E-state index in [2.05, 4.69) is 10.3 Å². The summed E-state index contributed by atoms with van der Waals surface area (Å²) in [5.41, 5.74) is 0.664. The van der Waals surface area contributed by atoms with Gasteiger partial charge in [-0.05, 0) is 96.9 Å². The molecule has 2 aliphatic rings. The van der Waals surface area contributed by atoms with E-state index in [-0.39, 0.29) is 30.9 Å². The number of nitrogens with zero attached hydrogens (tertiary/aromatic N) is 4. The third kappa shape index (κ3) is 11.9. The molecule has 1 fully saturated rings. The van der Waals surface area contributed by atoms with Crippen molar-refractivity contribution in [1.29, 1.82) is 0 Å². The zero-order chi connectivity index (χ0) is 33.4. The van der Waals surface area contributed by atoms with Gasteiger partial charge in [-0.1, -0.05) is 6.07 Å². The molecule has 0 atom stereocenters. The molecular formula is C32H49N5O8. The summed E-state index contributed by atoms with van der Waals surface area (Å²) in [6.45, 7) is 16.6. The van der Waals surface area contributed by atoms with Crippen molar-refractivity contribution < 1.29 is 38.1 Å². The molecule has 3 rings (SSSR count). The lowest BCUT2D eigenvalue weighted by Gasteiger charge is -2.38. The van der Waals surface area contributed by atoms with Crippen LogP contribution < -0.4 is 10.1 Å². The van der Waals surface area contributed by atoms with Crippen LogP contribution in [-0.2, 0) is 36.8 Å². The summed E-state index contributed by atoms with van der Waals surface area (Å²) in [5, 5.41) is 6.01. The Hall–Kier alpha value is -3.87. The Morgan fingerprint density at radius 1 is 0.978 bits per heavy atom. The summed E-state index contributed by atoms with van der Waals surface area (Å²) in [4.78, 5) is 55.2. The largest absolute Gasteiger partial charge is 0.493 e. The fraction of sp³-hybridized carbons (Fsp3) is 0.656. The molecule has 2 aliphatic heterocycles. The van der Waals surface area contributed by atoms with Crippen LogP contribution in [0.5, 0.6) is 5.75 Å². The lowest BCUT2D eigenvalue weighted by Crippen LogP contribution is -2.51. The molecule has 13 heteroatoms. The molecule has 0 bridgehead atoms. The minimum Gasteiger partial charge on any atom is -0.493 e. The average Bonchev–Trinajstić information content (AvgIpc) is 2.92. The Morgan fingerprint density at radius 2 is 1.64 bits per heavy atom. The number of guanidine groups is 1. The molecule has 13 nitrogen and oxygen atoms in total. The number of benzene rings is 1. The van der Waals surface area contributed by atoms with E-state index in [9.17, 15) is 19.2 Å². The molecule has 0 aliphatic carbocycles. The maximum Gasteiger partial charge on any atom is 0.437 e. The van der Waals surface area contributed by atoms with Crippen LogP contribution in [0.1, 0.15) is 79.4 Å². The maximum absolute atomic E-state index is 12.6. The van der Waals surface area contributed by atoms with E-state index in [0.29, 0.717) is 39.2 Å². The molecule has 250 valence electrons. The highest BCUT2D eigenvalue weighted by Crippen LogP contribution is 2.26. The molecule has 3 amide bonds. The molecule has 1 aromatic rings. The van der Waals surface area contributed by atoms with Crippen LogP contribution in [0.15, 0.2) is 23.2 Å². The molecule has 1 aromatic carbocycles. The number of fused-ring (bicyclic) bond motifs is 1. The Labute approximate surface area is 266 Å². The summed E-state index contributed by atoms with van der Waals surface area (Å²) in [7, 11) is 0. The summed E-state index contributed by atoms with van der Waals surface area (Å²) < 4.78 is 22.0. The Kier molecular flexibility index (Phi) is 12.2. The molecular weight excluding hydrogens is 582 g/mol. The summed E-state index contributed by atoms with van der Waals surface area (Å²) in [5.74, 6) is 0.450. The van der Waals surface area contributed by atoms with Gasteiger partial charge in [0.05, 0.1) is 13.2 Å². The van der Waals surface area contributed by atoms with E-state index in [0.717, 1.165) is 29.7 Å². The van der Waals surface area contributed by atoms with Gasteiger partial charge < -0.3 is 23.8 Å². The SMILES string of the molecule is CCOC(=O)CN(C(C)=O)N1CCC(COc2ccc3c(c2)CN(/C(=N\C(=O)OC(C)(C)C)NC(=O)OC(C)(C)C)CC3)CC1. The van der Waals surface area contributed by atoms with Crippen LogP contribution in [0.2, 0.25) is 0 Å². The fourth-order valence-corrected chi connectivity index (χ4v) is 5.03. The second-order valence-corrected chi connectivity index (χ2v) is 13.2. The first kappa shape index (κ1) is 35.6. The Morgan fingerprint density at radius 3 is 2.24 bits per heavy atom. The predicted molar refractivity (Wildman–Crippen MR) is 167 cm³/mol. The van der Waals surface area contributed by atoms with Gasteiger partial charge in [0.2, 0.25) is 11.9 Å². The van der Waals surface area contributed by atoms with E-state index in [1.165, 1.54) is 11.9 Å². The second kappa shape index (κ2) is 15.4. The van der Waals surface area contributed by atoms with Crippen molar-refractivity contribution in [2.75, 3.05) is 39.4 Å². The average molecular weight is 632 g/mol. The number of esters is 1. The van der Waals surface area contributed by atoms with Gasteiger partial charge in [0.1, 0.15) is 23.5 Å². The number of nitrogens with one attached hydrogen (secondary N) is 1. The minimum atomic E-state index is -0.810. The van der Waals surface area contributed by atoms with Crippen molar-refractivity contribution in [1.82, 2.24) is 20.2 Å². The van der Waals surface area contributed by atoms with E-state index in [1.807, 2.05) is 28.1 Å².